The minimum Gasteiger partial charge on any atom is -0.323 e. The molecule has 2 N–H and O–H groups in total. The van der Waals surface area contributed by atoms with Gasteiger partial charge in [0.2, 0.25) is 0 Å². The Morgan fingerprint density at radius 3 is 2.16 bits per heavy atom. The predicted molar refractivity (Wildman–Crippen MR) is 84.6 cm³/mol. The number of likely N-dealkylation sites (N-methyl/N-ethyl adjacent to an activating group) is 1. The summed E-state index contributed by atoms with van der Waals surface area (Å²) in [7, 11) is 0. The second-order valence-corrected chi connectivity index (χ2v) is 5.67. The van der Waals surface area contributed by atoms with Gasteiger partial charge in [-0.05, 0) is 57.0 Å². The lowest BCUT2D eigenvalue weighted by atomic mass is 9.94. The smallest absolute Gasteiger partial charge is 0.0429 e. The summed E-state index contributed by atoms with van der Waals surface area (Å²) in [5.41, 5.74) is 11.8. The van der Waals surface area contributed by atoms with E-state index in [-0.39, 0.29) is 6.04 Å². The van der Waals surface area contributed by atoms with Crippen molar-refractivity contribution in [1.82, 2.24) is 4.90 Å². The van der Waals surface area contributed by atoms with Crippen LogP contribution in [0.2, 0.25) is 0 Å². The van der Waals surface area contributed by atoms with E-state index in [4.69, 9.17) is 5.73 Å². The number of nitrogens with two attached hydrogens (primary N) is 1. The molecule has 19 heavy (non-hydrogen) atoms. The zero-order valence-electron chi connectivity index (χ0n) is 13.3. The molecule has 1 aromatic rings. The minimum absolute atomic E-state index is 0.123. The number of hydrogen-bond acceptors (Lipinski definition) is 2. The van der Waals surface area contributed by atoms with Crippen LogP contribution in [0, 0.1) is 20.8 Å². The summed E-state index contributed by atoms with van der Waals surface area (Å²) in [5, 5.41) is 0. The van der Waals surface area contributed by atoms with Crippen LogP contribution in [0.3, 0.4) is 0 Å². The third kappa shape index (κ3) is 4.63. The molecule has 2 nitrogen and oxygen atoms in total. The normalized spacial score (nSPS) is 13.0. The van der Waals surface area contributed by atoms with Crippen LogP contribution in [0.25, 0.3) is 0 Å². The molecule has 0 saturated carbocycles. The first-order chi connectivity index (χ1) is 8.99. The molecular weight excluding hydrogens is 232 g/mol. The highest BCUT2D eigenvalue weighted by atomic mass is 15.1. The van der Waals surface area contributed by atoms with Crippen molar-refractivity contribution < 1.29 is 0 Å². The van der Waals surface area contributed by atoms with Crippen molar-refractivity contribution in [2.45, 2.75) is 53.5 Å². The standard InChI is InChI=1S/C17H30N2/c1-6-8-9-19(7-2)12-16(18)17-14(4)10-13(3)11-15(17)5/h10-11,16H,6-9,12,18H2,1-5H3. The van der Waals surface area contributed by atoms with Crippen LogP contribution in [0.1, 0.15) is 55.0 Å². The summed E-state index contributed by atoms with van der Waals surface area (Å²) in [4.78, 5) is 2.47. The van der Waals surface area contributed by atoms with Crippen LogP contribution in [0.15, 0.2) is 12.1 Å². The molecule has 0 amide bonds. The van der Waals surface area contributed by atoms with E-state index in [1.54, 1.807) is 0 Å². The highest BCUT2D eigenvalue weighted by Crippen LogP contribution is 2.22. The van der Waals surface area contributed by atoms with Gasteiger partial charge >= 0.3 is 0 Å². The molecule has 0 saturated heterocycles. The fourth-order valence-electron chi connectivity index (χ4n) is 2.91. The number of unbranched alkanes of at least 4 members (excludes halogenated alkanes) is 1. The van der Waals surface area contributed by atoms with Crippen LogP contribution in [0.4, 0.5) is 0 Å². The van der Waals surface area contributed by atoms with E-state index >= 15 is 0 Å². The molecule has 0 aliphatic rings. The quantitative estimate of drug-likeness (QED) is 0.811. The average molecular weight is 262 g/mol. The van der Waals surface area contributed by atoms with Crippen LogP contribution in [-0.4, -0.2) is 24.5 Å². The van der Waals surface area contributed by atoms with Crippen LogP contribution in [-0.2, 0) is 0 Å². The SMILES string of the molecule is CCCCN(CC)CC(N)c1c(C)cc(C)cc1C. The van der Waals surface area contributed by atoms with E-state index in [0.717, 1.165) is 19.6 Å². The van der Waals surface area contributed by atoms with Gasteiger partial charge in [0.15, 0.2) is 0 Å². The fraction of sp³-hybridized carbons (Fsp3) is 0.647. The van der Waals surface area contributed by atoms with Crippen LogP contribution in [0.5, 0.6) is 0 Å². The van der Waals surface area contributed by atoms with Gasteiger partial charge in [0.25, 0.3) is 0 Å². The number of benzene rings is 1. The molecule has 0 aliphatic carbocycles. The van der Waals surface area contributed by atoms with Crippen molar-refractivity contribution in [3.05, 3.63) is 34.4 Å². The molecule has 0 spiro atoms. The van der Waals surface area contributed by atoms with E-state index in [9.17, 15) is 0 Å². The molecule has 2 heteroatoms. The zero-order valence-corrected chi connectivity index (χ0v) is 13.3. The Labute approximate surface area is 119 Å². The molecule has 108 valence electrons. The summed E-state index contributed by atoms with van der Waals surface area (Å²) >= 11 is 0. The topological polar surface area (TPSA) is 29.3 Å². The zero-order chi connectivity index (χ0) is 14.4. The highest BCUT2D eigenvalue weighted by Gasteiger charge is 2.15. The summed E-state index contributed by atoms with van der Waals surface area (Å²) in [6.45, 7) is 14.2. The van der Waals surface area contributed by atoms with Crippen molar-refractivity contribution >= 4 is 0 Å². The number of hydrogen-bond donors (Lipinski definition) is 1. The Morgan fingerprint density at radius 2 is 1.68 bits per heavy atom. The number of rotatable bonds is 7. The molecule has 0 bridgehead atoms. The number of nitrogens with zero attached hydrogens (tertiary/aromatic N) is 1. The van der Waals surface area contributed by atoms with E-state index in [1.807, 2.05) is 0 Å². The monoisotopic (exact) mass is 262 g/mol. The van der Waals surface area contributed by atoms with Gasteiger partial charge in [0.05, 0.1) is 0 Å². The summed E-state index contributed by atoms with van der Waals surface area (Å²) < 4.78 is 0. The molecule has 1 rings (SSSR count). The minimum atomic E-state index is 0.123. The maximum atomic E-state index is 6.45. The second kappa shape index (κ2) is 7.66. The maximum absolute atomic E-state index is 6.45. The molecule has 0 aromatic heterocycles. The van der Waals surface area contributed by atoms with Gasteiger partial charge in [-0.25, -0.2) is 0 Å². The highest BCUT2D eigenvalue weighted by molar-refractivity contribution is 5.39. The molecule has 1 atom stereocenters. The second-order valence-electron chi connectivity index (χ2n) is 5.67. The molecule has 0 radical (unpaired) electrons. The van der Waals surface area contributed by atoms with Gasteiger partial charge in [0, 0.05) is 12.6 Å². The van der Waals surface area contributed by atoms with E-state index in [1.165, 1.54) is 35.1 Å². The van der Waals surface area contributed by atoms with Crippen molar-refractivity contribution in [3.63, 3.8) is 0 Å². The van der Waals surface area contributed by atoms with Gasteiger partial charge in [-0.2, -0.15) is 0 Å². The predicted octanol–water partition coefficient (Wildman–Crippen LogP) is 3.73. The van der Waals surface area contributed by atoms with Crippen LogP contribution >= 0.6 is 0 Å². The Morgan fingerprint density at radius 1 is 1.11 bits per heavy atom. The Bertz CT molecular complexity index is 375. The van der Waals surface area contributed by atoms with E-state index in [2.05, 4.69) is 51.7 Å². The van der Waals surface area contributed by atoms with Gasteiger partial charge in [-0.3, -0.25) is 0 Å². The van der Waals surface area contributed by atoms with E-state index in [0.29, 0.717) is 0 Å². The molecule has 0 aliphatic heterocycles. The summed E-state index contributed by atoms with van der Waals surface area (Å²) in [6, 6.07) is 4.60. The largest absolute Gasteiger partial charge is 0.323 e. The third-order valence-corrected chi connectivity index (χ3v) is 3.84. The molecule has 0 heterocycles. The Kier molecular flexibility index (Phi) is 6.53. The lowest BCUT2D eigenvalue weighted by Crippen LogP contribution is -2.33. The first-order valence-electron chi connectivity index (χ1n) is 7.55. The van der Waals surface area contributed by atoms with Crippen LogP contribution < -0.4 is 5.73 Å². The first kappa shape index (κ1) is 16.2. The third-order valence-electron chi connectivity index (χ3n) is 3.84. The summed E-state index contributed by atoms with van der Waals surface area (Å²) in [6.07, 6.45) is 2.50. The van der Waals surface area contributed by atoms with Crippen molar-refractivity contribution in [2.24, 2.45) is 5.73 Å². The number of aryl methyl sites for hydroxylation is 3. The average Bonchev–Trinajstić information content (AvgIpc) is 2.33. The van der Waals surface area contributed by atoms with Crippen molar-refractivity contribution in [2.75, 3.05) is 19.6 Å². The van der Waals surface area contributed by atoms with Gasteiger partial charge in [-0.15, -0.1) is 0 Å². The van der Waals surface area contributed by atoms with Gasteiger partial charge < -0.3 is 10.6 Å². The van der Waals surface area contributed by atoms with Gasteiger partial charge in [-0.1, -0.05) is 38.0 Å². The lowest BCUT2D eigenvalue weighted by molar-refractivity contribution is 0.266. The molecule has 0 fully saturated rings. The van der Waals surface area contributed by atoms with Crippen molar-refractivity contribution in [1.29, 1.82) is 0 Å². The molecule has 1 aromatic carbocycles. The molecule has 1 unspecified atom stereocenters. The Hall–Kier alpha value is -0.860. The summed E-state index contributed by atoms with van der Waals surface area (Å²) in [5.74, 6) is 0. The van der Waals surface area contributed by atoms with Gasteiger partial charge in [0.1, 0.15) is 0 Å². The maximum Gasteiger partial charge on any atom is 0.0429 e. The Balaban J connectivity index is 2.79. The van der Waals surface area contributed by atoms with Crippen molar-refractivity contribution in [3.8, 4) is 0 Å². The van der Waals surface area contributed by atoms with E-state index < -0.39 is 0 Å². The molecular formula is C17H30N2. The first-order valence-corrected chi connectivity index (χ1v) is 7.55. The fourth-order valence-corrected chi connectivity index (χ4v) is 2.91. The lowest BCUT2D eigenvalue weighted by Gasteiger charge is -2.26.